The highest BCUT2D eigenvalue weighted by molar-refractivity contribution is 7.89. The topological polar surface area (TPSA) is 66.9 Å². The van der Waals surface area contributed by atoms with Gasteiger partial charge in [-0.05, 0) is 49.1 Å². The number of hydrogen-bond acceptors (Lipinski definition) is 5. The smallest absolute Gasteiger partial charge is 0.330 e. The fraction of sp³-hybridized carbons (Fsp3) is 0.292. The van der Waals surface area contributed by atoms with Gasteiger partial charge in [0.2, 0.25) is 10.0 Å². The van der Waals surface area contributed by atoms with Crippen LogP contribution in [0.3, 0.4) is 0 Å². The highest BCUT2D eigenvalue weighted by Gasteiger charge is 2.39. The molecule has 0 N–H and O–H groups in total. The van der Waals surface area contributed by atoms with Crippen molar-refractivity contribution in [3.8, 4) is 0 Å². The van der Waals surface area contributed by atoms with E-state index in [2.05, 4.69) is 0 Å². The molecule has 6 nitrogen and oxygen atoms in total. The zero-order valence-electron chi connectivity index (χ0n) is 18.0. The first-order valence-corrected chi connectivity index (χ1v) is 11.9. The van der Waals surface area contributed by atoms with Crippen LogP contribution >= 0.6 is 0 Å². The number of esters is 1. The first-order valence-electron chi connectivity index (χ1n) is 10.5. The van der Waals surface area contributed by atoms with E-state index >= 15 is 0 Å². The summed E-state index contributed by atoms with van der Waals surface area (Å²) in [6, 6.07) is 16.0. The van der Waals surface area contributed by atoms with E-state index in [0.717, 1.165) is 5.39 Å². The quantitative estimate of drug-likeness (QED) is 0.548. The van der Waals surface area contributed by atoms with Gasteiger partial charge in [0, 0.05) is 30.7 Å². The number of sulfonamides is 1. The molecule has 168 valence electrons. The third-order valence-electron chi connectivity index (χ3n) is 5.74. The second kappa shape index (κ2) is 8.88. The number of nitrogens with zero attached hydrogens (tertiary/aromatic N) is 2. The normalized spacial score (nSPS) is 17.5. The molecular weight excluding hydrogens is 431 g/mol. The highest BCUT2D eigenvalue weighted by atomic mass is 32.2. The van der Waals surface area contributed by atoms with Crippen LogP contribution in [0.15, 0.2) is 65.6 Å². The molecule has 0 aromatic heterocycles. The first kappa shape index (κ1) is 22.2. The summed E-state index contributed by atoms with van der Waals surface area (Å²) < 4.78 is 47.4. The summed E-state index contributed by atoms with van der Waals surface area (Å²) in [7, 11) is -3.85. The number of ether oxygens (including phenoxy) is 1. The number of piperazine rings is 1. The number of carbonyl (C=O) groups excluding carboxylic acids is 1. The molecular formula is C24H25FN2O4S. The van der Waals surface area contributed by atoms with Gasteiger partial charge in [0.1, 0.15) is 11.9 Å². The molecule has 0 spiro atoms. The van der Waals surface area contributed by atoms with Crippen molar-refractivity contribution in [2.45, 2.75) is 24.8 Å². The molecule has 1 aliphatic heterocycles. The summed E-state index contributed by atoms with van der Waals surface area (Å²) in [6.07, 6.45) is 0. The van der Waals surface area contributed by atoms with Gasteiger partial charge in [-0.15, -0.1) is 0 Å². The average Bonchev–Trinajstić information content (AvgIpc) is 2.78. The first-order chi connectivity index (χ1) is 15.3. The lowest BCUT2D eigenvalue weighted by atomic mass is 10.1. The van der Waals surface area contributed by atoms with Crippen LogP contribution in [0.2, 0.25) is 0 Å². The minimum Gasteiger partial charge on any atom is -0.464 e. The van der Waals surface area contributed by atoms with Gasteiger partial charge in [-0.3, -0.25) is 0 Å². The van der Waals surface area contributed by atoms with Crippen LogP contribution in [0.5, 0.6) is 0 Å². The van der Waals surface area contributed by atoms with Crippen molar-refractivity contribution in [2.24, 2.45) is 0 Å². The zero-order chi connectivity index (χ0) is 22.9. The van der Waals surface area contributed by atoms with E-state index in [9.17, 15) is 17.6 Å². The summed E-state index contributed by atoms with van der Waals surface area (Å²) in [4.78, 5) is 14.8. The third-order valence-corrected chi connectivity index (χ3v) is 7.66. The molecule has 1 saturated heterocycles. The Balaban J connectivity index is 1.71. The molecule has 3 aromatic carbocycles. The van der Waals surface area contributed by atoms with Crippen molar-refractivity contribution in [3.63, 3.8) is 0 Å². The van der Waals surface area contributed by atoms with E-state index in [4.69, 9.17) is 4.74 Å². The standard InChI is InChI=1S/C24H25FN2O4S/c1-3-31-24(28)22-16-26(13-14-27(22)21-12-11-19(25)15-17(21)2)32(29,30)23-10-6-8-18-7-4-5-9-20(18)23/h4-12,15,22H,3,13-14,16H2,1-2H3. The highest BCUT2D eigenvalue weighted by Crippen LogP contribution is 2.30. The Kier molecular flexibility index (Phi) is 6.17. The fourth-order valence-corrected chi connectivity index (χ4v) is 5.86. The number of fused-ring (bicyclic) bond motifs is 1. The summed E-state index contributed by atoms with van der Waals surface area (Å²) in [5.74, 6) is -0.870. The summed E-state index contributed by atoms with van der Waals surface area (Å²) in [6.45, 7) is 4.07. The van der Waals surface area contributed by atoms with E-state index in [1.165, 1.54) is 16.4 Å². The molecule has 4 rings (SSSR count). The maximum atomic E-state index is 13.6. The van der Waals surface area contributed by atoms with Gasteiger partial charge in [0.25, 0.3) is 0 Å². The number of halogens is 1. The molecule has 8 heteroatoms. The lowest BCUT2D eigenvalue weighted by molar-refractivity contribution is -0.145. The molecule has 3 aromatic rings. The lowest BCUT2D eigenvalue weighted by Crippen LogP contribution is -2.58. The molecule has 0 aliphatic carbocycles. The summed E-state index contributed by atoms with van der Waals surface area (Å²) in [5.41, 5.74) is 1.36. The van der Waals surface area contributed by atoms with Crippen LogP contribution in [0.4, 0.5) is 10.1 Å². The molecule has 1 atom stereocenters. The molecule has 1 heterocycles. The third kappa shape index (κ3) is 4.08. The fourth-order valence-electron chi connectivity index (χ4n) is 4.21. The van der Waals surface area contributed by atoms with E-state index in [1.807, 2.05) is 23.1 Å². The monoisotopic (exact) mass is 456 g/mol. The minimum atomic E-state index is -3.85. The summed E-state index contributed by atoms with van der Waals surface area (Å²) >= 11 is 0. The van der Waals surface area contributed by atoms with Crippen molar-refractivity contribution in [3.05, 3.63) is 72.0 Å². The van der Waals surface area contributed by atoms with Crippen molar-refractivity contribution in [1.29, 1.82) is 0 Å². The predicted octanol–water partition coefficient (Wildman–Crippen LogP) is 3.73. The SMILES string of the molecule is CCOC(=O)C1CN(S(=O)(=O)c2cccc3ccccc23)CCN1c1ccc(F)cc1C. The Morgan fingerprint density at radius 3 is 2.59 bits per heavy atom. The number of rotatable bonds is 5. The van der Waals surface area contributed by atoms with Gasteiger partial charge in [-0.25, -0.2) is 17.6 Å². The number of hydrogen-bond donors (Lipinski definition) is 0. The number of benzene rings is 3. The van der Waals surface area contributed by atoms with Crippen LogP contribution in [-0.2, 0) is 19.6 Å². The molecule has 0 radical (unpaired) electrons. The van der Waals surface area contributed by atoms with E-state index in [0.29, 0.717) is 16.6 Å². The van der Waals surface area contributed by atoms with Crippen LogP contribution < -0.4 is 4.90 Å². The largest absolute Gasteiger partial charge is 0.464 e. The predicted molar refractivity (Wildman–Crippen MR) is 122 cm³/mol. The molecule has 0 saturated carbocycles. The van der Waals surface area contributed by atoms with Gasteiger partial charge >= 0.3 is 5.97 Å². The number of anilines is 1. The zero-order valence-corrected chi connectivity index (χ0v) is 18.8. The summed E-state index contributed by atoms with van der Waals surface area (Å²) in [5, 5.41) is 1.47. The van der Waals surface area contributed by atoms with Crippen LogP contribution in [0.1, 0.15) is 12.5 Å². The molecule has 1 fully saturated rings. The second-order valence-electron chi connectivity index (χ2n) is 7.73. The van der Waals surface area contributed by atoms with Gasteiger partial charge in [0.15, 0.2) is 0 Å². The Morgan fingerprint density at radius 1 is 1.09 bits per heavy atom. The van der Waals surface area contributed by atoms with E-state index in [-0.39, 0.29) is 37.0 Å². The second-order valence-corrected chi connectivity index (χ2v) is 9.64. The lowest BCUT2D eigenvalue weighted by Gasteiger charge is -2.41. The Hall–Kier alpha value is -2.97. The Morgan fingerprint density at radius 2 is 1.84 bits per heavy atom. The number of aryl methyl sites for hydroxylation is 1. The maximum Gasteiger partial charge on any atom is 0.330 e. The van der Waals surface area contributed by atoms with Gasteiger partial charge in [0.05, 0.1) is 11.5 Å². The number of carbonyl (C=O) groups is 1. The Labute approximate surface area is 187 Å². The van der Waals surface area contributed by atoms with Crippen molar-refractivity contribution < 1.29 is 22.3 Å². The van der Waals surface area contributed by atoms with Crippen LogP contribution in [0, 0.1) is 12.7 Å². The molecule has 0 bridgehead atoms. The van der Waals surface area contributed by atoms with Crippen LogP contribution in [0.25, 0.3) is 10.8 Å². The molecule has 0 amide bonds. The Bertz CT molecular complexity index is 1260. The van der Waals surface area contributed by atoms with E-state index in [1.54, 1.807) is 44.2 Å². The van der Waals surface area contributed by atoms with Gasteiger partial charge in [-0.1, -0.05) is 36.4 Å². The molecule has 1 unspecified atom stereocenters. The van der Waals surface area contributed by atoms with Crippen molar-refractivity contribution in [2.75, 3.05) is 31.1 Å². The molecule has 32 heavy (non-hydrogen) atoms. The van der Waals surface area contributed by atoms with Crippen molar-refractivity contribution >= 4 is 32.5 Å². The van der Waals surface area contributed by atoms with Gasteiger partial charge < -0.3 is 9.64 Å². The van der Waals surface area contributed by atoms with E-state index < -0.39 is 22.0 Å². The maximum absolute atomic E-state index is 13.6. The van der Waals surface area contributed by atoms with Crippen molar-refractivity contribution in [1.82, 2.24) is 4.31 Å². The minimum absolute atomic E-state index is 0.0544. The molecule has 1 aliphatic rings. The van der Waals surface area contributed by atoms with Crippen LogP contribution in [-0.4, -0.2) is 51.0 Å². The average molecular weight is 457 g/mol. The van der Waals surface area contributed by atoms with Gasteiger partial charge in [-0.2, -0.15) is 4.31 Å².